The minimum absolute atomic E-state index is 0.166. The summed E-state index contributed by atoms with van der Waals surface area (Å²) in [4.78, 5) is 16.2. The Morgan fingerprint density at radius 2 is 2.12 bits per heavy atom. The summed E-state index contributed by atoms with van der Waals surface area (Å²) in [6.07, 6.45) is 3.44. The number of rotatable bonds is 6. The standard InChI is InChI=1S/C18H19N5OS/c1-13-10-15(14(2)23(13)18-19-8-9-25-18)11-21-22-17(24)12-20-16-6-4-3-5-7-16/h3-11,20H,12H2,1-2H3,(H,22,24)/b21-11-. The fraction of sp³-hybridized carbons (Fsp3) is 0.167. The highest BCUT2D eigenvalue weighted by molar-refractivity contribution is 7.12. The summed E-state index contributed by atoms with van der Waals surface area (Å²) in [5.41, 5.74) is 6.49. The number of carbonyl (C=O) groups is 1. The monoisotopic (exact) mass is 353 g/mol. The third-order valence-electron chi connectivity index (χ3n) is 3.70. The number of hydrogen-bond donors (Lipinski definition) is 2. The number of aromatic nitrogens is 2. The van der Waals surface area contributed by atoms with Gasteiger partial charge < -0.3 is 5.32 Å². The highest BCUT2D eigenvalue weighted by atomic mass is 32.1. The molecule has 0 bridgehead atoms. The molecule has 6 nitrogen and oxygen atoms in total. The van der Waals surface area contributed by atoms with Crippen LogP contribution in [-0.4, -0.2) is 28.2 Å². The maximum atomic E-state index is 11.8. The first-order chi connectivity index (χ1) is 12.1. The van der Waals surface area contributed by atoms with Crippen LogP contribution in [0.3, 0.4) is 0 Å². The first-order valence-corrected chi connectivity index (χ1v) is 8.73. The summed E-state index contributed by atoms with van der Waals surface area (Å²) in [5.74, 6) is -0.200. The molecule has 0 aliphatic heterocycles. The van der Waals surface area contributed by atoms with Gasteiger partial charge in [0.05, 0.1) is 12.8 Å². The van der Waals surface area contributed by atoms with E-state index in [9.17, 15) is 4.79 Å². The third kappa shape index (κ3) is 4.13. The highest BCUT2D eigenvalue weighted by Gasteiger charge is 2.11. The third-order valence-corrected chi connectivity index (χ3v) is 4.46. The Balaban J connectivity index is 1.59. The average Bonchev–Trinajstić information content (AvgIpc) is 3.22. The first kappa shape index (κ1) is 16.9. The van der Waals surface area contributed by atoms with Gasteiger partial charge in [-0.3, -0.25) is 9.36 Å². The van der Waals surface area contributed by atoms with Crippen molar-refractivity contribution in [3.63, 3.8) is 0 Å². The average molecular weight is 353 g/mol. The van der Waals surface area contributed by atoms with E-state index in [1.807, 2.05) is 55.6 Å². The maximum absolute atomic E-state index is 11.8. The number of amides is 1. The van der Waals surface area contributed by atoms with Crippen LogP contribution in [0.15, 0.2) is 53.1 Å². The van der Waals surface area contributed by atoms with E-state index in [2.05, 4.69) is 25.4 Å². The molecular formula is C18H19N5OS. The van der Waals surface area contributed by atoms with Crippen LogP contribution < -0.4 is 10.7 Å². The zero-order chi connectivity index (χ0) is 17.6. The van der Waals surface area contributed by atoms with Gasteiger partial charge in [-0.15, -0.1) is 11.3 Å². The van der Waals surface area contributed by atoms with Crippen LogP contribution in [0.25, 0.3) is 5.13 Å². The van der Waals surface area contributed by atoms with Crippen LogP contribution >= 0.6 is 11.3 Å². The number of anilines is 1. The normalized spacial score (nSPS) is 11.0. The number of thiazole rings is 1. The molecule has 2 N–H and O–H groups in total. The number of para-hydroxylation sites is 1. The molecule has 0 unspecified atom stereocenters. The van der Waals surface area contributed by atoms with Crippen molar-refractivity contribution >= 4 is 29.1 Å². The van der Waals surface area contributed by atoms with E-state index < -0.39 is 0 Å². The Hall–Kier alpha value is -2.93. The molecule has 2 aromatic heterocycles. The fourth-order valence-corrected chi connectivity index (χ4v) is 3.24. The molecule has 1 amide bonds. The molecule has 7 heteroatoms. The molecule has 0 saturated heterocycles. The van der Waals surface area contributed by atoms with Gasteiger partial charge in [0.2, 0.25) is 0 Å². The lowest BCUT2D eigenvalue weighted by Crippen LogP contribution is -2.25. The van der Waals surface area contributed by atoms with E-state index in [0.717, 1.165) is 27.8 Å². The maximum Gasteiger partial charge on any atom is 0.259 e. The zero-order valence-corrected chi connectivity index (χ0v) is 14.9. The van der Waals surface area contributed by atoms with Gasteiger partial charge in [-0.05, 0) is 32.0 Å². The predicted molar refractivity (Wildman–Crippen MR) is 102 cm³/mol. The van der Waals surface area contributed by atoms with E-state index in [1.165, 1.54) is 0 Å². The highest BCUT2D eigenvalue weighted by Crippen LogP contribution is 2.21. The van der Waals surface area contributed by atoms with Gasteiger partial charge in [0.25, 0.3) is 5.91 Å². The number of hydrogen-bond acceptors (Lipinski definition) is 5. The largest absolute Gasteiger partial charge is 0.376 e. The van der Waals surface area contributed by atoms with E-state index in [1.54, 1.807) is 23.7 Å². The van der Waals surface area contributed by atoms with Gasteiger partial charge in [-0.1, -0.05) is 18.2 Å². The van der Waals surface area contributed by atoms with Crippen LogP contribution in [0, 0.1) is 13.8 Å². The summed E-state index contributed by atoms with van der Waals surface area (Å²) in [6, 6.07) is 11.6. The van der Waals surface area contributed by atoms with Crippen molar-refractivity contribution in [2.24, 2.45) is 5.10 Å². The minimum atomic E-state index is -0.200. The van der Waals surface area contributed by atoms with Crippen molar-refractivity contribution in [1.82, 2.24) is 15.0 Å². The van der Waals surface area contributed by atoms with Gasteiger partial charge >= 0.3 is 0 Å². The zero-order valence-electron chi connectivity index (χ0n) is 14.1. The number of hydrazone groups is 1. The van der Waals surface area contributed by atoms with Crippen molar-refractivity contribution in [3.8, 4) is 5.13 Å². The first-order valence-electron chi connectivity index (χ1n) is 7.85. The van der Waals surface area contributed by atoms with Crippen molar-refractivity contribution in [2.75, 3.05) is 11.9 Å². The summed E-state index contributed by atoms with van der Waals surface area (Å²) in [7, 11) is 0. The molecule has 0 aliphatic carbocycles. The summed E-state index contributed by atoms with van der Waals surface area (Å²) in [5, 5.41) is 9.96. The lowest BCUT2D eigenvalue weighted by atomic mass is 10.3. The molecule has 2 heterocycles. The number of aryl methyl sites for hydroxylation is 1. The van der Waals surface area contributed by atoms with E-state index in [0.29, 0.717) is 0 Å². The van der Waals surface area contributed by atoms with Gasteiger partial charge in [-0.25, -0.2) is 10.4 Å². The summed E-state index contributed by atoms with van der Waals surface area (Å²) < 4.78 is 2.07. The number of carbonyl (C=O) groups excluding carboxylic acids is 1. The minimum Gasteiger partial charge on any atom is -0.376 e. The predicted octanol–water partition coefficient (Wildman–Crippen LogP) is 3.11. The lowest BCUT2D eigenvalue weighted by Gasteiger charge is -2.05. The molecule has 1 aromatic carbocycles. The number of nitrogens with one attached hydrogen (secondary N) is 2. The second-order valence-corrected chi connectivity index (χ2v) is 6.36. The SMILES string of the molecule is Cc1cc(/C=N\NC(=O)CNc2ccccc2)c(C)n1-c1nccs1. The Labute approximate surface area is 150 Å². The van der Waals surface area contributed by atoms with Gasteiger partial charge in [-0.2, -0.15) is 5.10 Å². The molecule has 0 radical (unpaired) electrons. The number of nitrogens with zero attached hydrogens (tertiary/aromatic N) is 3. The molecule has 0 spiro atoms. The van der Waals surface area contributed by atoms with Crippen LogP contribution in [0.1, 0.15) is 17.0 Å². The van der Waals surface area contributed by atoms with Crippen LogP contribution in [0.5, 0.6) is 0 Å². The molecule has 0 aliphatic rings. The Bertz CT molecular complexity index is 869. The van der Waals surface area contributed by atoms with Gasteiger partial charge in [0.1, 0.15) is 0 Å². The molecule has 128 valence electrons. The van der Waals surface area contributed by atoms with Gasteiger partial charge in [0.15, 0.2) is 5.13 Å². The summed E-state index contributed by atoms with van der Waals surface area (Å²) in [6.45, 7) is 4.20. The smallest absolute Gasteiger partial charge is 0.259 e. The number of benzene rings is 1. The van der Waals surface area contributed by atoms with Crippen LogP contribution in [-0.2, 0) is 4.79 Å². The fourth-order valence-electron chi connectivity index (χ4n) is 2.49. The van der Waals surface area contributed by atoms with Crippen LogP contribution in [0.4, 0.5) is 5.69 Å². The van der Waals surface area contributed by atoms with Gasteiger partial charge in [0, 0.05) is 34.2 Å². The molecule has 0 atom stereocenters. The molecular weight excluding hydrogens is 334 g/mol. The lowest BCUT2D eigenvalue weighted by molar-refractivity contribution is -0.119. The quantitative estimate of drug-likeness (QED) is 0.528. The van der Waals surface area contributed by atoms with E-state index in [4.69, 9.17) is 0 Å². The van der Waals surface area contributed by atoms with Crippen molar-refractivity contribution in [2.45, 2.75) is 13.8 Å². The topological polar surface area (TPSA) is 71.3 Å². The Morgan fingerprint density at radius 1 is 1.32 bits per heavy atom. The molecule has 25 heavy (non-hydrogen) atoms. The molecule has 0 saturated carbocycles. The van der Waals surface area contributed by atoms with Crippen molar-refractivity contribution in [1.29, 1.82) is 0 Å². The molecule has 0 fully saturated rings. The van der Waals surface area contributed by atoms with Crippen molar-refractivity contribution < 1.29 is 4.79 Å². The van der Waals surface area contributed by atoms with E-state index >= 15 is 0 Å². The Kier molecular flexibility index (Phi) is 5.25. The van der Waals surface area contributed by atoms with E-state index in [-0.39, 0.29) is 12.5 Å². The molecule has 3 rings (SSSR count). The Morgan fingerprint density at radius 3 is 2.84 bits per heavy atom. The van der Waals surface area contributed by atoms with Crippen molar-refractivity contribution in [3.05, 3.63) is 64.9 Å². The molecule has 3 aromatic rings. The second kappa shape index (κ2) is 7.76. The summed E-state index contributed by atoms with van der Waals surface area (Å²) >= 11 is 1.58. The van der Waals surface area contributed by atoms with Crippen LogP contribution in [0.2, 0.25) is 0 Å². The second-order valence-electron chi connectivity index (χ2n) is 5.49.